The van der Waals surface area contributed by atoms with E-state index in [4.69, 9.17) is 5.73 Å². The first-order valence-electron chi connectivity index (χ1n) is 5.93. The number of amides is 1. The lowest BCUT2D eigenvalue weighted by Gasteiger charge is -2.33. The number of nitrogens with two attached hydrogens (primary N) is 1. The highest BCUT2D eigenvalue weighted by molar-refractivity contribution is 5.73. The van der Waals surface area contributed by atoms with Crippen LogP contribution in [0.25, 0.3) is 0 Å². The summed E-state index contributed by atoms with van der Waals surface area (Å²) in [6.07, 6.45) is 3.01. The number of carbonyl (C=O) groups is 1. The number of H-pyrrole nitrogens is 1. The normalized spacial score (nSPS) is 16.6. The van der Waals surface area contributed by atoms with Gasteiger partial charge in [0.25, 0.3) is 5.56 Å². The first-order valence-corrected chi connectivity index (χ1v) is 5.93. The van der Waals surface area contributed by atoms with Crippen LogP contribution < -0.4 is 21.5 Å². The smallest absolute Gasteiger partial charge is 0.276 e. The van der Waals surface area contributed by atoms with Gasteiger partial charge in [-0.15, -0.1) is 0 Å². The minimum atomic E-state index is -0.316. The van der Waals surface area contributed by atoms with Crippen molar-refractivity contribution < 1.29 is 4.79 Å². The van der Waals surface area contributed by atoms with Gasteiger partial charge in [-0.2, -0.15) is 0 Å². The van der Waals surface area contributed by atoms with Gasteiger partial charge in [0.1, 0.15) is 5.69 Å². The zero-order valence-electron chi connectivity index (χ0n) is 10.3. The predicted octanol–water partition coefficient (Wildman–Crippen LogP) is -0.543. The maximum atomic E-state index is 11.4. The van der Waals surface area contributed by atoms with E-state index in [0.29, 0.717) is 5.82 Å². The van der Waals surface area contributed by atoms with E-state index in [1.807, 2.05) is 4.90 Å². The van der Waals surface area contributed by atoms with Crippen molar-refractivity contribution in [3.63, 3.8) is 0 Å². The van der Waals surface area contributed by atoms with E-state index in [1.165, 1.54) is 13.3 Å². The molecule has 0 aliphatic carbocycles. The van der Waals surface area contributed by atoms with Gasteiger partial charge in [-0.25, -0.2) is 4.98 Å². The van der Waals surface area contributed by atoms with Crippen molar-refractivity contribution in [1.82, 2.24) is 15.3 Å². The van der Waals surface area contributed by atoms with E-state index in [0.717, 1.165) is 25.9 Å². The van der Waals surface area contributed by atoms with Gasteiger partial charge >= 0.3 is 0 Å². The van der Waals surface area contributed by atoms with E-state index in [2.05, 4.69) is 15.3 Å². The van der Waals surface area contributed by atoms with Crippen molar-refractivity contribution in [2.24, 2.45) is 0 Å². The van der Waals surface area contributed by atoms with Gasteiger partial charge in [0, 0.05) is 26.1 Å². The number of hydrogen-bond acceptors (Lipinski definition) is 5. The standard InChI is InChI=1S/C11H17N5O2/c1-7(17)15-8-2-4-16(5-3-8)10-9(12)11(18)14-6-13-10/h6,8H,2-5,12H2,1H3,(H,15,17)(H,13,14,18). The zero-order valence-corrected chi connectivity index (χ0v) is 10.3. The summed E-state index contributed by atoms with van der Waals surface area (Å²) in [5.41, 5.74) is 5.54. The number of nitrogens with zero attached hydrogens (tertiary/aromatic N) is 2. The zero-order chi connectivity index (χ0) is 13.1. The largest absolute Gasteiger partial charge is 0.391 e. The molecule has 18 heavy (non-hydrogen) atoms. The number of nitrogens with one attached hydrogen (secondary N) is 2. The highest BCUT2D eigenvalue weighted by Gasteiger charge is 2.22. The quantitative estimate of drug-likeness (QED) is 0.654. The van der Waals surface area contributed by atoms with E-state index < -0.39 is 0 Å². The molecule has 2 rings (SSSR count). The van der Waals surface area contributed by atoms with Gasteiger partial charge in [-0.3, -0.25) is 9.59 Å². The SMILES string of the molecule is CC(=O)NC1CCN(c2nc[nH]c(=O)c2N)CC1. The Morgan fingerprint density at radius 1 is 1.56 bits per heavy atom. The molecular formula is C11H17N5O2. The summed E-state index contributed by atoms with van der Waals surface area (Å²) in [6, 6.07) is 0.196. The van der Waals surface area contributed by atoms with Crippen LogP contribution in [0.1, 0.15) is 19.8 Å². The molecule has 1 saturated heterocycles. The maximum absolute atomic E-state index is 11.4. The van der Waals surface area contributed by atoms with Gasteiger partial charge in [0.15, 0.2) is 5.82 Å². The molecule has 4 N–H and O–H groups in total. The first kappa shape index (κ1) is 12.4. The van der Waals surface area contributed by atoms with Crippen molar-refractivity contribution in [2.45, 2.75) is 25.8 Å². The van der Waals surface area contributed by atoms with Crippen molar-refractivity contribution in [1.29, 1.82) is 0 Å². The minimum Gasteiger partial charge on any atom is -0.391 e. The number of anilines is 2. The minimum absolute atomic E-state index is 0.0118. The second-order valence-corrected chi connectivity index (χ2v) is 4.43. The molecule has 0 unspecified atom stereocenters. The van der Waals surface area contributed by atoms with Crippen molar-refractivity contribution >= 4 is 17.4 Å². The number of nitrogen functional groups attached to an aromatic ring is 1. The van der Waals surface area contributed by atoms with Gasteiger partial charge in [-0.1, -0.05) is 0 Å². The Hall–Kier alpha value is -2.05. The molecule has 1 aliphatic heterocycles. The van der Waals surface area contributed by atoms with Gasteiger partial charge < -0.3 is 20.9 Å². The highest BCUT2D eigenvalue weighted by atomic mass is 16.1. The van der Waals surface area contributed by atoms with Crippen LogP contribution in [-0.4, -0.2) is 35.0 Å². The van der Waals surface area contributed by atoms with Gasteiger partial charge in [0.2, 0.25) is 5.91 Å². The fraction of sp³-hybridized carbons (Fsp3) is 0.545. The van der Waals surface area contributed by atoms with Crippen LogP contribution in [0.2, 0.25) is 0 Å². The van der Waals surface area contributed by atoms with Gasteiger partial charge in [-0.05, 0) is 12.8 Å². The second-order valence-electron chi connectivity index (χ2n) is 4.43. The van der Waals surface area contributed by atoms with E-state index in [1.54, 1.807) is 0 Å². The third-order valence-corrected chi connectivity index (χ3v) is 3.07. The summed E-state index contributed by atoms with van der Waals surface area (Å²) in [5, 5.41) is 2.89. The lowest BCUT2D eigenvalue weighted by Crippen LogP contribution is -2.44. The average Bonchev–Trinajstić information content (AvgIpc) is 2.33. The third kappa shape index (κ3) is 2.61. The van der Waals surface area contributed by atoms with Crippen molar-refractivity contribution in [3.8, 4) is 0 Å². The molecule has 1 amide bonds. The molecule has 0 aromatic carbocycles. The molecule has 0 radical (unpaired) electrons. The highest BCUT2D eigenvalue weighted by Crippen LogP contribution is 2.20. The summed E-state index contributed by atoms with van der Waals surface area (Å²) < 4.78 is 0. The number of rotatable bonds is 2. The fourth-order valence-electron chi connectivity index (χ4n) is 2.18. The topological polar surface area (TPSA) is 104 Å². The molecule has 7 nitrogen and oxygen atoms in total. The molecule has 1 fully saturated rings. The van der Waals surface area contributed by atoms with E-state index in [-0.39, 0.29) is 23.2 Å². The number of aromatic amines is 1. The summed E-state index contributed by atoms with van der Waals surface area (Å²) in [6.45, 7) is 2.97. The first-order chi connectivity index (χ1) is 8.58. The number of carbonyl (C=O) groups excluding carboxylic acids is 1. The number of hydrogen-bond donors (Lipinski definition) is 3. The Kier molecular flexibility index (Phi) is 3.50. The Morgan fingerprint density at radius 2 is 2.22 bits per heavy atom. The molecular weight excluding hydrogens is 234 g/mol. The van der Waals surface area contributed by atoms with Gasteiger partial charge in [0.05, 0.1) is 6.33 Å². The van der Waals surface area contributed by atoms with Crippen molar-refractivity contribution in [2.75, 3.05) is 23.7 Å². The number of piperidine rings is 1. The molecule has 0 bridgehead atoms. The van der Waals surface area contributed by atoms with Crippen LogP contribution in [0.3, 0.4) is 0 Å². The fourth-order valence-corrected chi connectivity index (χ4v) is 2.18. The molecule has 0 spiro atoms. The predicted molar refractivity (Wildman–Crippen MR) is 68.3 cm³/mol. The van der Waals surface area contributed by atoms with Crippen LogP contribution in [-0.2, 0) is 4.79 Å². The third-order valence-electron chi connectivity index (χ3n) is 3.07. The molecule has 2 heterocycles. The lowest BCUT2D eigenvalue weighted by molar-refractivity contribution is -0.119. The lowest BCUT2D eigenvalue weighted by atomic mass is 10.0. The van der Waals surface area contributed by atoms with Crippen LogP contribution in [0.4, 0.5) is 11.5 Å². The summed E-state index contributed by atoms with van der Waals surface area (Å²) in [5.74, 6) is 0.516. The van der Waals surface area contributed by atoms with E-state index in [9.17, 15) is 9.59 Å². The molecule has 98 valence electrons. The Bertz CT molecular complexity index is 490. The van der Waals surface area contributed by atoms with Crippen LogP contribution >= 0.6 is 0 Å². The average molecular weight is 251 g/mol. The maximum Gasteiger partial charge on any atom is 0.276 e. The molecule has 0 saturated carbocycles. The van der Waals surface area contributed by atoms with Crippen LogP contribution in [0.5, 0.6) is 0 Å². The summed E-state index contributed by atoms with van der Waals surface area (Å²) >= 11 is 0. The number of aromatic nitrogens is 2. The molecule has 1 aliphatic rings. The Morgan fingerprint density at radius 3 is 2.83 bits per heavy atom. The molecule has 0 atom stereocenters. The molecule has 1 aromatic heterocycles. The summed E-state index contributed by atoms with van der Waals surface area (Å²) in [4.78, 5) is 30.9. The van der Waals surface area contributed by atoms with E-state index >= 15 is 0 Å². The summed E-state index contributed by atoms with van der Waals surface area (Å²) in [7, 11) is 0. The Balaban J connectivity index is 2.03. The second kappa shape index (κ2) is 5.07. The van der Waals surface area contributed by atoms with Crippen LogP contribution in [0.15, 0.2) is 11.1 Å². The monoisotopic (exact) mass is 251 g/mol. The molecule has 7 heteroatoms. The van der Waals surface area contributed by atoms with Crippen LogP contribution in [0, 0.1) is 0 Å². The van der Waals surface area contributed by atoms with Crippen molar-refractivity contribution in [3.05, 3.63) is 16.7 Å². The Labute approximate surface area is 104 Å². The molecule has 1 aromatic rings.